The van der Waals surface area contributed by atoms with E-state index in [2.05, 4.69) is 10.4 Å². The summed E-state index contributed by atoms with van der Waals surface area (Å²) in [5.41, 5.74) is 1.74. The van der Waals surface area contributed by atoms with E-state index in [1.54, 1.807) is 13.0 Å². The van der Waals surface area contributed by atoms with Gasteiger partial charge in [0.2, 0.25) is 0 Å². The fourth-order valence-electron chi connectivity index (χ4n) is 4.21. The van der Waals surface area contributed by atoms with Crippen molar-refractivity contribution >= 4 is 23.1 Å². The van der Waals surface area contributed by atoms with E-state index < -0.39 is 12.2 Å². The molecular weight excluding hydrogens is 401 g/mol. The third kappa shape index (κ3) is 3.89. The first kappa shape index (κ1) is 20.3. The molecule has 0 saturated carbocycles. The third-order valence-corrected chi connectivity index (χ3v) is 7.04. The number of nitrogens with zero attached hydrogens (tertiary/aromatic N) is 3. The highest BCUT2D eigenvalue weighted by Gasteiger charge is 2.46. The summed E-state index contributed by atoms with van der Waals surface area (Å²) in [6, 6.07) is 1.77. The molecule has 0 spiro atoms. The Kier molecular flexibility index (Phi) is 5.13. The van der Waals surface area contributed by atoms with E-state index in [0.29, 0.717) is 24.6 Å². The molecule has 2 aliphatic rings. The van der Waals surface area contributed by atoms with Gasteiger partial charge < -0.3 is 10.2 Å². The van der Waals surface area contributed by atoms with Crippen molar-refractivity contribution in [2.24, 2.45) is 0 Å². The highest BCUT2D eigenvalue weighted by atomic mass is 32.1. The van der Waals surface area contributed by atoms with E-state index in [-0.39, 0.29) is 24.3 Å². The summed E-state index contributed by atoms with van der Waals surface area (Å²) in [4.78, 5) is 16.6. The van der Waals surface area contributed by atoms with Gasteiger partial charge >= 0.3 is 6.18 Å². The second-order valence-corrected chi connectivity index (χ2v) is 9.43. The Balaban J connectivity index is 1.55. The number of hydrogen-bond donors (Lipinski definition) is 1. The van der Waals surface area contributed by atoms with Crippen molar-refractivity contribution in [2.75, 3.05) is 18.4 Å². The van der Waals surface area contributed by atoms with Crippen LogP contribution in [0.15, 0.2) is 12.1 Å². The molecule has 0 aliphatic carbocycles. The lowest BCUT2D eigenvalue weighted by atomic mass is 9.94. The first-order valence-corrected chi connectivity index (χ1v) is 10.7. The van der Waals surface area contributed by atoms with Gasteiger partial charge in [-0.15, -0.1) is 11.3 Å². The number of carbonyl (C=O) groups is 1. The normalized spacial score (nSPS) is 24.9. The van der Waals surface area contributed by atoms with Crippen LogP contribution in [0.25, 0.3) is 0 Å². The van der Waals surface area contributed by atoms with E-state index in [0.717, 1.165) is 32.8 Å². The third-order valence-electron chi connectivity index (χ3n) is 5.90. The Morgan fingerprint density at radius 3 is 2.72 bits per heavy atom. The molecule has 1 unspecified atom stereocenters. The number of halogens is 3. The Morgan fingerprint density at radius 2 is 2.07 bits per heavy atom. The second-order valence-electron chi connectivity index (χ2n) is 8.18. The summed E-state index contributed by atoms with van der Waals surface area (Å²) in [5, 5.41) is 7.45. The topological polar surface area (TPSA) is 50.2 Å². The second kappa shape index (κ2) is 7.34. The van der Waals surface area contributed by atoms with Gasteiger partial charge in [0.15, 0.2) is 6.04 Å². The molecule has 3 atom stereocenters. The summed E-state index contributed by atoms with van der Waals surface area (Å²) >= 11 is 1.49. The molecule has 29 heavy (non-hydrogen) atoms. The number of fused-ring (bicyclic) bond motifs is 1. The number of aromatic nitrogens is 2. The van der Waals surface area contributed by atoms with Crippen LogP contribution in [0.5, 0.6) is 0 Å². The minimum atomic E-state index is -4.34. The Hall–Kier alpha value is -2.03. The van der Waals surface area contributed by atoms with Crippen molar-refractivity contribution in [3.8, 4) is 0 Å². The molecule has 9 heteroatoms. The number of hydrogen-bond acceptors (Lipinski definition) is 4. The molecule has 4 rings (SSSR count). The molecule has 0 aromatic carbocycles. The number of aryl methyl sites for hydroxylation is 2. The van der Waals surface area contributed by atoms with Gasteiger partial charge in [-0.2, -0.15) is 18.3 Å². The van der Waals surface area contributed by atoms with E-state index in [1.807, 2.05) is 24.8 Å². The molecule has 2 aliphatic heterocycles. The number of nitrogens with one attached hydrogen (secondary N) is 1. The van der Waals surface area contributed by atoms with Gasteiger partial charge in [0.1, 0.15) is 5.82 Å². The van der Waals surface area contributed by atoms with Crippen LogP contribution < -0.4 is 5.32 Å². The van der Waals surface area contributed by atoms with Crippen molar-refractivity contribution in [3.63, 3.8) is 0 Å². The highest BCUT2D eigenvalue weighted by Crippen LogP contribution is 2.40. The first-order chi connectivity index (χ1) is 13.6. The zero-order chi connectivity index (χ0) is 20.9. The molecule has 5 nitrogen and oxygen atoms in total. The summed E-state index contributed by atoms with van der Waals surface area (Å²) in [5.74, 6) is 0.354. The number of carbonyl (C=O) groups excluding carboxylic acids is 1. The lowest BCUT2D eigenvalue weighted by Crippen LogP contribution is -2.39. The van der Waals surface area contributed by atoms with E-state index in [4.69, 9.17) is 0 Å². The predicted octanol–water partition coefficient (Wildman–Crippen LogP) is 4.89. The summed E-state index contributed by atoms with van der Waals surface area (Å²) < 4.78 is 41.6. The lowest BCUT2D eigenvalue weighted by Gasteiger charge is -2.32. The highest BCUT2D eigenvalue weighted by molar-refractivity contribution is 7.14. The van der Waals surface area contributed by atoms with Crippen molar-refractivity contribution in [1.29, 1.82) is 0 Å². The number of thiophene rings is 1. The number of amides is 1. The first-order valence-electron chi connectivity index (χ1n) is 9.92. The van der Waals surface area contributed by atoms with Gasteiger partial charge in [-0.3, -0.25) is 4.79 Å². The van der Waals surface area contributed by atoms with Crippen LogP contribution in [-0.2, 0) is 0 Å². The maximum Gasteiger partial charge on any atom is 0.410 e. The zero-order valence-corrected chi connectivity index (χ0v) is 17.5. The van der Waals surface area contributed by atoms with Crippen molar-refractivity contribution in [2.45, 2.75) is 64.2 Å². The summed E-state index contributed by atoms with van der Waals surface area (Å²) in [7, 11) is 0. The maximum absolute atomic E-state index is 13.5. The van der Waals surface area contributed by atoms with Gasteiger partial charge in [0.05, 0.1) is 10.6 Å². The molecular formula is C20H25F3N4OS. The molecule has 0 bridgehead atoms. The molecule has 1 amide bonds. The molecule has 1 fully saturated rings. The minimum absolute atomic E-state index is 0.000196. The Morgan fingerprint density at radius 1 is 1.31 bits per heavy atom. The van der Waals surface area contributed by atoms with Gasteiger partial charge in [-0.1, -0.05) is 0 Å². The van der Waals surface area contributed by atoms with Crippen molar-refractivity contribution in [3.05, 3.63) is 33.1 Å². The summed E-state index contributed by atoms with van der Waals surface area (Å²) in [6.07, 6.45) is -2.74. The zero-order valence-electron chi connectivity index (χ0n) is 16.7. The van der Waals surface area contributed by atoms with Gasteiger partial charge in [0.25, 0.3) is 5.91 Å². The number of likely N-dealkylation sites (tertiary alicyclic amines) is 1. The van der Waals surface area contributed by atoms with Crippen LogP contribution >= 0.6 is 11.3 Å². The van der Waals surface area contributed by atoms with Gasteiger partial charge in [-0.25, -0.2) is 4.68 Å². The molecule has 1 saturated heterocycles. The van der Waals surface area contributed by atoms with E-state index >= 15 is 0 Å². The van der Waals surface area contributed by atoms with Crippen LogP contribution in [0.1, 0.15) is 64.0 Å². The lowest BCUT2D eigenvalue weighted by molar-refractivity contribution is -0.173. The maximum atomic E-state index is 13.5. The van der Waals surface area contributed by atoms with Crippen LogP contribution in [0.4, 0.5) is 19.0 Å². The van der Waals surface area contributed by atoms with E-state index in [9.17, 15) is 18.0 Å². The fraction of sp³-hybridized carbons (Fsp3) is 0.600. The molecule has 1 N–H and O–H groups in total. The molecule has 4 heterocycles. The monoisotopic (exact) mass is 426 g/mol. The molecule has 2 aromatic rings. The SMILES string of the molecule is Cc1cc(C(=O)N2CCCC(c3cc4n(n3)[C@@H](C(F)(F)F)C[C@@H](C)N4)C2)sc1C. The molecule has 0 radical (unpaired) electrons. The van der Waals surface area contributed by atoms with Crippen LogP contribution in [0.3, 0.4) is 0 Å². The predicted molar refractivity (Wildman–Crippen MR) is 107 cm³/mol. The average molecular weight is 427 g/mol. The van der Waals surface area contributed by atoms with Crippen LogP contribution in [-0.4, -0.2) is 45.9 Å². The minimum Gasteiger partial charge on any atom is -0.368 e. The van der Waals surface area contributed by atoms with Gasteiger partial charge in [-0.05, 0) is 51.7 Å². The largest absolute Gasteiger partial charge is 0.410 e. The number of anilines is 1. The van der Waals surface area contributed by atoms with Crippen molar-refractivity contribution in [1.82, 2.24) is 14.7 Å². The smallest absolute Gasteiger partial charge is 0.368 e. The van der Waals surface area contributed by atoms with Crippen LogP contribution in [0, 0.1) is 13.8 Å². The van der Waals surface area contributed by atoms with Gasteiger partial charge in [0, 0.05) is 36.0 Å². The number of rotatable bonds is 2. The molecule has 2 aromatic heterocycles. The average Bonchev–Trinajstić information content (AvgIpc) is 3.23. The Bertz CT molecular complexity index is 900. The fourth-order valence-corrected chi connectivity index (χ4v) is 5.22. The summed E-state index contributed by atoms with van der Waals surface area (Å²) in [6.45, 7) is 6.89. The Labute approximate surface area is 171 Å². The standard InChI is InChI=1S/C20H25F3N4OS/c1-11-7-16(29-13(11)3)19(28)26-6-4-5-14(10-26)15-9-18-24-12(2)8-17(20(21,22)23)27(18)25-15/h7,9,12,14,17,24H,4-6,8,10H2,1-3H3/t12-,14?,17-/m1/s1. The number of piperidine rings is 1. The quantitative estimate of drug-likeness (QED) is 0.744. The van der Waals surface area contributed by atoms with E-state index in [1.165, 1.54) is 11.3 Å². The molecule has 158 valence electrons. The number of alkyl halides is 3. The van der Waals surface area contributed by atoms with Crippen molar-refractivity contribution < 1.29 is 18.0 Å². The van der Waals surface area contributed by atoms with Crippen LogP contribution in [0.2, 0.25) is 0 Å².